The van der Waals surface area contributed by atoms with E-state index in [0.717, 1.165) is 0 Å². The van der Waals surface area contributed by atoms with E-state index in [1.807, 2.05) is 6.92 Å². The van der Waals surface area contributed by atoms with Gasteiger partial charge in [0.2, 0.25) is 0 Å². The molecule has 8 heteroatoms. The fourth-order valence-corrected chi connectivity index (χ4v) is 3.87. The Morgan fingerprint density at radius 2 is 1.91 bits per heavy atom. The van der Waals surface area contributed by atoms with E-state index < -0.39 is 23.5 Å². The zero-order valence-corrected chi connectivity index (χ0v) is 18.1. The molecule has 4 rings (SSSR count). The highest BCUT2D eigenvalue weighted by atomic mass is 35.5. The highest BCUT2D eigenvalue weighted by Gasteiger charge is 2.48. The van der Waals surface area contributed by atoms with Gasteiger partial charge in [-0.15, -0.1) is 0 Å². The largest absolute Gasteiger partial charge is 0.507 e. The molecule has 1 N–H and O–H groups in total. The lowest BCUT2D eigenvalue weighted by Crippen LogP contribution is -2.29. The van der Waals surface area contributed by atoms with Crippen LogP contribution >= 0.6 is 11.6 Å². The van der Waals surface area contributed by atoms with E-state index in [-0.39, 0.29) is 11.1 Å². The lowest BCUT2D eigenvalue weighted by molar-refractivity contribution is -0.132. The van der Waals surface area contributed by atoms with Crippen LogP contribution in [0.1, 0.15) is 24.3 Å². The van der Waals surface area contributed by atoms with Crippen molar-refractivity contribution in [3.8, 4) is 11.5 Å². The third-order valence-electron chi connectivity index (χ3n) is 5.10. The minimum Gasteiger partial charge on any atom is -0.507 e. The SMILES string of the molecule is CCOc1ccc(N2C(=O)C(=O)/C(=C(\O)c3cc(Cl)ccc3OC)C2c2ccco2)cc1. The molecule has 0 radical (unpaired) electrons. The highest BCUT2D eigenvalue weighted by Crippen LogP contribution is 2.43. The molecule has 2 heterocycles. The lowest BCUT2D eigenvalue weighted by atomic mass is 9.98. The number of halogens is 1. The number of Topliss-reactive ketones (excluding diaryl/α,β-unsaturated/α-hetero) is 1. The quantitative estimate of drug-likeness (QED) is 0.322. The third-order valence-corrected chi connectivity index (χ3v) is 5.33. The molecule has 0 bridgehead atoms. The molecular formula is C24H20ClNO6. The van der Waals surface area contributed by atoms with E-state index in [1.165, 1.54) is 24.3 Å². The number of benzene rings is 2. The number of ether oxygens (including phenoxy) is 2. The molecule has 1 atom stereocenters. The second-order valence-corrected chi connectivity index (χ2v) is 7.39. The van der Waals surface area contributed by atoms with Crippen LogP contribution < -0.4 is 14.4 Å². The molecular weight excluding hydrogens is 434 g/mol. The smallest absolute Gasteiger partial charge is 0.300 e. The maximum atomic E-state index is 13.1. The van der Waals surface area contributed by atoms with Crippen molar-refractivity contribution in [1.82, 2.24) is 0 Å². The Morgan fingerprint density at radius 3 is 2.53 bits per heavy atom. The third kappa shape index (κ3) is 3.71. The fourth-order valence-electron chi connectivity index (χ4n) is 3.69. The first-order valence-corrected chi connectivity index (χ1v) is 10.2. The van der Waals surface area contributed by atoms with Gasteiger partial charge in [0.25, 0.3) is 11.7 Å². The first-order valence-electron chi connectivity index (χ1n) is 9.87. The molecule has 0 saturated carbocycles. The van der Waals surface area contributed by atoms with E-state index in [9.17, 15) is 14.7 Å². The van der Waals surface area contributed by atoms with Crippen molar-refractivity contribution >= 4 is 34.7 Å². The van der Waals surface area contributed by atoms with Crippen molar-refractivity contribution in [2.45, 2.75) is 13.0 Å². The van der Waals surface area contributed by atoms with Gasteiger partial charge in [-0.1, -0.05) is 11.6 Å². The summed E-state index contributed by atoms with van der Waals surface area (Å²) in [7, 11) is 1.43. The van der Waals surface area contributed by atoms with Crippen LogP contribution in [0.3, 0.4) is 0 Å². The van der Waals surface area contributed by atoms with E-state index in [2.05, 4.69) is 0 Å². The number of hydrogen-bond acceptors (Lipinski definition) is 6. The summed E-state index contributed by atoms with van der Waals surface area (Å²) in [4.78, 5) is 27.5. The van der Waals surface area contributed by atoms with Crippen LogP contribution in [0, 0.1) is 0 Å². The van der Waals surface area contributed by atoms with Gasteiger partial charge in [-0.2, -0.15) is 0 Å². The lowest BCUT2D eigenvalue weighted by Gasteiger charge is -2.23. The van der Waals surface area contributed by atoms with E-state index >= 15 is 0 Å². The minimum absolute atomic E-state index is 0.126. The van der Waals surface area contributed by atoms with E-state index in [1.54, 1.807) is 48.5 Å². The molecule has 1 unspecified atom stereocenters. The van der Waals surface area contributed by atoms with Gasteiger partial charge in [0.05, 0.1) is 31.1 Å². The van der Waals surface area contributed by atoms with Gasteiger partial charge < -0.3 is 19.0 Å². The van der Waals surface area contributed by atoms with Crippen molar-refractivity contribution in [2.75, 3.05) is 18.6 Å². The summed E-state index contributed by atoms with van der Waals surface area (Å²) >= 11 is 6.11. The molecule has 3 aromatic rings. The van der Waals surface area contributed by atoms with E-state index in [4.69, 9.17) is 25.5 Å². The van der Waals surface area contributed by atoms with Gasteiger partial charge in [-0.25, -0.2) is 0 Å². The van der Waals surface area contributed by atoms with Crippen LogP contribution in [0.2, 0.25) is 5.02 Å². The van der Waals surface area contributed by atoms with Crippen LogP contribution in [0.5, 0.6) is 11.5 Å². The molecule has 0 spiro atoms. The fraction of sp³-hybridized carbons (Fsp3) is 0.167. The summed E-state index contributed by atoms with van der Waals surface area (Å²) in [6.45, 7) is 2.37. The number of aliphatic hydroxyl groups is 1. The van der Waals surface area contributed by atoms with Gasteiger partial charge >= 0.3 is 0 Å². The molecule has 1 saturated heterocycles. The number of carbonyl (C=O) groups is 2. The molecule has 2 aromatic carbocycles. The molecule has 1 aliphatic rings. The Morgan fingerprint density at radius 1 is 1.16 bits per heavy atom. The number of aliphatic hydroxyl groups excluding tert-OH is 1. The van der Waals surface area contributed by atoms with Crippen LogP contribution in [0.25, 0.3) is 5.76 Å². The molecule has 1 aliphatic heterocycles. The number of rotatable bonds is 6. The van der Waals surface area contributed by atoms with Crippen LogP contribution in [-0.4, -0.2) is 30.5 Å². The Bertz CT molecular complexity index is 1180. The second kappa shape index (κ2) is 8.80. The number of ketones is 1. The molecule has 7 nitrogen and oxygen atoms in total. The summed E-state index contributed by atoms with van der Waals surface area (Å²) in [5, 5.41) is 11.5. The van der Waals surface area contributed by atoms with Gasteiger partial charge in [-0.3, -0.25) is 14.5 Å². The van der Waals surface area contributed by atoms with Crippen molar-refractivity contribution in [3.05, 3.63) is 82.8 Å². The average Bonchev–Trinajstić information content (AvgIpc) is 3.41. The van der Waals surface area contributed by atoms with Gasteiger partial charge in [-0.05, 0) is 61.5 Å². The molecule has 32 heavy (non-hydrogen) atoms. The zero-order valence-electron chi connectivity index (χ0n) is 17.4. The normalized spacial score (nSPS) is 17.6. The summed E-state index contributed by atoms with van der Waals surface area (Å²) in [5.74, 6) is -0.792. The van der Waals surface area contributed by atoms with Crippen LogP contribution in [0.4, 0.5) is 5.69 Å². The topological polar surface area (TPSA) is 89.2 Å². The van der Waals surface area contributed by atoms with Gasteiger partial charge in [0.15, 0.2) is 0 Å². The number of nitrogens with zero attached hydrogens (tertiary/aromatic N) is 1. The Labute approximate surface area is 189 Å². The Kier molecular flexibility index (Phi) is 5.92. The number of furan rings is 1. The van der Waals surface area contributed by atoms with Crippen molar-refractivity contribution in [1.29, 1.82) is 0 Å². The maximum Gasteiger partial charge on any atom is 0.300 e. The number of methoxy groups -OCH3 is 1. The molecule has 1 amide bonds. The molecule has 1 fully saturated rings. The minimum atomic E-state index is -0.980. The van der Waals surface area contributed by atoms with Crippen LogP contribution in [0.15, 0.2) is 70.9 Å². The van der Waals surface area contributed by atoms with Crippen LogP contribution in [-0.2, 0) is 9.59 Å². The van der Waals surface area contributed by atoms with Crippen molar-refractivity contribution in [3.63, 3.8) is 0 Å². The number of amides is 1. The molecule has 164 valence electrons. The van der Waals surface area contributed by atoms with E-state index in [0.29, 0.717) is 34.6 Å². The predicted molar refractivity (Wildman–Crippen MR) is 119 cm³/mol. The number of hydrogen-bond donors (Lipinski definition) is 1. The maximum absolute atomic E-state index is 13.1. The standard InChI is InChI=1S/C24H20ClNO6/c1-3-31-16-9-7-15(8-10-16)26-21(19-5-4-12-32-19)20(23(28)24(26)29)22(27)17-13-14(25)6-11-18(17)30-2/h4-13,21,27H,3H2,1-2H3/b22-20-. The summed E-state index contributed by atoms with van der Waals surface area (Å²) in [6, 6.07) is 13.7. The Hall–Kier alpha value is -3.71. The molecule has 1 aromatic heterocycles. The first-order chi connectivity index (χ1) is 15.5. The summed E-state index contributed by atoms with van der Waals surface area (Å²) < 4.78 is 16.3. The average molecular weight is 454 g/mol. The number of anilines is 1. The van der Waals surface area contributed by atoms with Crippen molar-refractivity contribution in [2.24, 2.45) is 0 Å². The van der Waals surface area contributed by atoms with Gasteiger partial charge in [0, 0.05) is 10.7 Å². The summed E-state index contributed by atoms with van der Waals surface area (Å²) in [6.07, 6.45) is 1.44. The number of carbonyl (C=O) groups excluding carboxylic acids is 2. The summed E-state index contributed by atoms with van der Waals surface area (Å²) in [5.41, 5.74) is 0.523. The highest BCUT2D eigenvalue weighted by molar-refractivity contribution is 6.51. The predicted octanol–water partition coefficient (Wildman–Crippen LogP) is 4.97. The monoisotopic (exact) mass is 453 g/mol. The first kappa shape index (κ1) is 21.5. The second-order valence-electron chi connectivity index (χ2n) is 6.96. The zero-order chi connectivity index (χ0) is 22.8. The van der Waals surface area contributed by atoms with Gasteiger partial charge in [0.1, 0.15) is 29.1 Å². The Balaban J connectivity index is 1.90. The molecule has 0 aliphatic carbocycles. The van der Waals surface area contributed by atoms with Crippen molar-refractivity contribution < 1.29 is 28.6 Å².